The molecule has 0 saturated heterocycles. The summed E-state index contributed by atoms with van der Waals surface area (Å²) in [4.78, 5) is 12.2. The lowest BCUT2D eigenvalue weighted by molar-refractivity contribution is -0.117. The number of amides is 1. The molecule has 0 fully saturated rings. The molecule has 0 aliphatic carbocycles. The molecule has 0 aliphatic heterocycles. The number of rotatable bonds is 4. The van der Waals surface area contributed by atoms with Gasteiger partial charge < -0.3 is 15.5 Å². The van der Waals surface area contributed by atoms with Crippen molar-refractivity contribution in [3.8, 4) is 17.6 Å². The maximum absolute atomic E-state index is 12.2. The van der Waals surface area contributed by atoms with E-state index in [0.717, 1.165) is 5.56 Å². The van der Waals surface area contributed by atoms with Gasteiger partial charge >= 0.3 is 0 Å². The topological polar surface area (TPSA) is 93.4 Å². The molecule has 116 valence electrons. The monoisotopic (exact) mass is 308 g/mol. The van der Waals surface area contributed by atoms with Gasteiger partial charge in [-0.2, -0.15) is 5.26 Å². The van der Waals surface area contributed by atoms with Crippen LogP contribution in [0.5, 0.6) is 11.5 Å². The fourth-order valence-corrected chi connectivity index (χ4v) is 2.04. The summed E-state index contributed by atoms with van der Waals surface area (Å²) in [6.07, 6.45) is 1.35. The van der Waals surface area contributed by atoms with Crippen molar-refractivity contribution in [2.45, 2.75) is 13.0 Å². The Morgan fingerprint density at radius 2 is 1.87 bits per heavy atom. The third kappa shape index (κ3) is 4.11. The first-order chi connectivity index (χ1) is 11.0. The molecule has 0 aromatic heterocycles. The highest BCUT2D eigenvalue weighted by molar-refractivity contribution is 6.01. The maximum atomic E-state index is 12.2. The first-order valence-electron chi connectivity index (χ1n) is 7.01. The van der Waals surface area contributed by atoms with Crippen molar-refractivity contribution in [3.63, 3.8) is 0 Å². The van der Waals surface area contributed by atoms with Gasteiger partial charge in [0.1, 0.15) is 11.6 Å². The summed E-state index contributed by atoms with van der Waals surface area (Å²) in [6, 6.07) is 15.1. The molecule has 0 radical (unpaired) electrons. The van der Waals surface area contributed by atoms with Crippen molar-refractivity contribution in [3.05, 3.63) is 65.2 Å². The largest absolute Gasteiger partial charge is 0.504 e. The molecule has 1 atom stereocenters. The van der Waals surface area contributed by atoms with Crippen LogP contribution >= 0.6 is 0 Å². The number of carbonyl (C=O) groups excluding carboxylic acids is 1. The van der Waals surface area contributed by atoms with Crippen LogP contribution in [0.3, 0.4) is 0 Å². The number of nitrogens with zero attached hydrogens (tertiary/aromatic N) is 1. The third-order valence-corrected chi connectivity index (χ3v) is 3.32. The van der Waals surface area contributed by atoms with Crippen molar-refractivity contribution in [2.75, 3.05) is 0 Å². The van der Waals surface area contributed by atoms with Crippen LogP contribution in [0.15, 0.2) is 54.1 Å². The summed E-state index contributed by atoms with van der Waals surface area (Å²) in [5.74, 6) is -1.08. The maximum Gasteiger partial charge on any atom is 0.262 e. The van der Waals surface area contributed by atoms with E-state index in [-0.39, 0.29) is 23.1 Å². The lowest BCUT2D eigenvalue weighted by atomic mass is 10.1. The van der Waals surface area contributed by atoms with E-state index < -0.39 is 5.91 Å². The van der Waals surface area contributed by atoms with Gasteiger partial charge in [-0.25, -0.2) is 0 Å². The zero-order valence-corrected chi connectivity index (χ0v) is 12.5. The van der Waals surface area contributed by atoms with Crippen molar-refractivity contribution in [1.29, 1.82) is 5.26 Å². The van der Waals surface area contributed by atoms with Gasteiger partial charge in [-0.05, 0) is 36.3 Å². The standard InChI is InChI=1S/C18H16N2O3/c1-12(14-5-3-2-4-6-14)20-18(23)15(11-19)9-13-7-8-16(21)17(22)10-13/h2-10,12,21-22H,1H3,(H,20,23)/t12-/m0/s1. The summed E-state index contributed by atoms with van der Waals surface area (Å²) in [7, 11) is 0. The molecular formula is C18H16N2O3. The Morgan fingerprint density at radius 3 is 2.48 bits per heavy atom. The second kappa shape index (κ2) is 7.14. The first-order valence-corrected chi connectivity index (χ1v) is 7.01. The highest BCUT2D eigenvalue weighted by Crippen LogP contribution is 2.26. The van der Waals surface area contributed by atoms with Gasteiger partial charge in [-0.1, -0.05) is 36.4 Å². The SMILES string of the molecule is C[C@H](NC(=O)C(C#N)=Cc1ccc(O)c(O)c1)c1ccccc1. The zero-order valence-electron chi connectivity index (χ0n) is 12.5. The molecule has 23 heavy (non-hydrogen) atoms. The van der Waals surface area contributed by atoms with Crippen molar-refractivity contribution in [2.24, 2.45) is 0 Å². The number of hydrogen-bond donors (Lipinski definition) is 3. The Labute approximate surface area is 134 Å². The zero-order chi connectivity index (χ0) is 16.8. The minimum absolute atomic E-state index is 0.0853. The van der Waals surface area contributed by atoms with Crippen LogP contribution in [0.1, 0.15) is 24.1 Å². The molecule has 0 bridgehead atoms. The van der Waals surface area contributed by atoms with Gasteiger partial charge in [-0.3, -0.25) is 4.79 Å². The molecule has 5 heteroatoms. The molecule has 2 rings (SSSR count). The van der Waals surface area contributed by atoms with Crippen molar-refractivity contribution >= 4 is 12.0 Å². The van der Waals surface area contributed by atoms with Crippen molar-refractivity contribution < 1.29 is 15.0 Å². The average Bonchev–Trinajstić information content (AvgIpc) is 2.56. The smallest absolute Gasteiger partial charge is 0.262 e. The summed E-state index contributed by atoms with van der Waals surface area (Å²) in [5, 5.41) is 30.7. The molecule has 2 aromatic rings. The molecule has 1 amide bonds. The van der Waals surface area contributed by atoms with Gasteiger partial charge in [0.15, 0.2) is 11.5 Å². The Hall–Kier alpha value is -3.26. The van der Waals surface area contributed by atoms with Crippen LogP contribution in [-0.2, 0) is 4.79 Å². The summed E-state index contributed by atoms with van der Waals surface area (Å²) in [6.45, 7) is 1.83. The second-order valence-corrected chi connectivity index (χ2v) is 5.02. The predicted octanol–water partition coefficient (Wildman–Crippen LogP) is 2.88. The Bertz CT molecular complexity index is 777. The average molecular weight is 308 g/mol. The van der Waals surface area contributed by atoms with E-state index in [9.17, 15) is 20.3 Å². The number of nitriles is 1. The first kappa shape index (κ1) is 16.1. The summed E-state index contributed by atoms with van der Waals surface area (Å²) in [5.41, 5.74) is 1.29. The molecule has 5 nitrogen and oxygen atoms in total. The van der Waals surface area contributed by atoms with Crippen molar-refractivity contribution in [1.82, 2.24) is 5.32 Å². The fourth-order valence-electron chi connectivity index (χ4n) is 2.04. The molecule has 0 aliphatic rings. The molecule has 3 N–H and O–H groups in total. The Balaban J connectivity index is 2.17. The normalized spacial score (nSPS) is 12.3. The van der Waals surface area contributed by atoms with Crippen LogP contribution in [-0.4, -0.2) is 16.1 Å². The lowest BCUT2D eigenvalue weighted by Crippen LogP contribution is -2.27. The van der Waals surface area contributed by atoms with Crippen LogP contribution < -0.4 is 5.32 Å². The number of hydrogen-bond acceptors (Lipinski definition) is 4. The molecule has 0 unspecified atom stereocenters. The van der Waals surface area contributed by atoms with E-state index in [1.807, 2.05) is 43.3 Å². The fraction of sp³-hybridized carbons (Fsp3) is 0.111. The highest BCUT2D eigenvalue weighted by Gasteiger charge is 2.14. The minimum Gasteiger partial charge on any atom is -0.504 e. The van der Waals surface area contributed by atoms with Gasteiger partial charge in [0, 0.05) is 0 Å². The van der Waals surface area contributed by atoms with Gasteiger partial charge in [0.2, 0.25) is 0 Å². The van der Waals surface area contributed by atoms with Gasteiger partial charge in [0.25, 0.3) is 5.91 Å². The number of phenolic OH excluding ortho intramolecular Hbond substituents is 2. The lowest BCUT2D eigenvalue weighted by Gasteiger charge is -2.13. The summed E-state index contributed by atoms with van der Waals surface area (Å²) < 4.78 is 0. The van der Waals surface area contributed by atoms with E-state index in [4.69, 9.17) is 0 Å². The van der Waals surface area contributed by atoms with Crippen LogP contribution in [0.25, 0.3) is 6.08 Å². The number of aromatic hydroxyl groups is 2. The second-order valence-electron chi connectivity index (χ2n) is 5.02. The molecule has 0 heterocycles. The Morgan fingerprint density at radius 1 is 1.17 bits per heavy atom. The van der Waals surface area contributed by atoms with Gasteiger partial charge in [-0.15, -0.1) is 0 Å². The molecule has 0 spiro atoms. The van der Waals surface area contributed by atoms with Gasteiger partial charge in [0.05, 0.1) is 6.04 Å². The van der Waals surface area contributed by atoms with E-state index in [0.29, 0.717) is 5.56 Å². The number of nitrogens with one attached hydrogen (secondary N) is 1. The number of phenols is 2. The summed E-state index contributed by atoms with van der Waals surface area (Å²) >= 11 is 0. The molecule has 0 saturated carbocycles. The third-order valence-electron chi connectivity index (χ3n) is 3.32. The van der Waals surface area contributed by atoms with E-state index in [1.165, 1.54) is 24.3 Å². The quantitative estimate of drug-likeness (QED) is 0.460. The minimum atomic E-state index is -0.503. The highest BCUT2D eigenvalue weighted by atomic mass is 16.3. The predicted molar refractivity (Wildman–Crippen MR) is 86.4 cm³/mol. The number of carbonyl (C=O) groups is 1. The van der Waals surface area contributed by atoms with Crippen LogP contribution in [0.2, 0.25) is 0 Å². The van der Waals surface area contributed by atoms with Crippen LogP contribution in [0.4, 0.5) is 0 Å². The van der Waals surface area contributed by atoms with E-state index in [2.05, 4.69) is 5.32 Å². The Kier molecular flexibility index (Phi) is 5.00. The van der Waals surface area contributed by atoms with Crippen LogP contribution in [0, 0.1) is 11.3 Å². The number of benzene rings is 2. The van der Waals surface area contributed by atoms with E-state index >= 15 is 0 Å². The molecule has 2 aromatic carbocycles. The van der Waals surface area contributed by atoms with E-state index in [1.54, 1.807) is 0 Å². The molecular weight excluding hydrogens is 292 g/mol.